The summed E-state index contributed by atoms with van der Waals surface area (Å²) in [6, 6.07) is 18.3. The van der Waals surface area contributed by atoms with E-state index >= 15 is 0 Å². The van der Waals surface area contributed by atoms with Crippen molar-refractivity contribution in [2.45, 2.75) is 11.7 Å². The summed E-state index contributed by atoms with van der Waals surface area (Å²) in [7, 11) is 1.59. The second-order valence-corrected chi connectivity index (χ2v) is 8.80. The molecule has 8 heteroatoms. The molecule has 2 heterocycles. The lowest BCUT2D eigenvalue weighted by molar-refractivity contribution is 0.0950. The summed E-state index contributed by atoms with van der Waals surface area (Å²) in [6.45, 7) is 0.517. The molecule has 0 aliphatic rings. The molecular formula is C24H21N3O3S2. The van der Waals surface area contributed by atoms with Crippen LogP contribution in [0.4, 0.5) is 0 Å². The molecule has 0 spiro atoms. The molecule has 0 atom stereocenters. The fraction of sp³-hybridized carbons (Fsp3) is 0.125. The lowest BCUT2D eigenvalue weighted by Crippen LogP contribution is -2.22. The van der Waals surface area contributed by atoms with Crippen LogP contribution in [0.1, 0.15) is 25.6 Å². The van der Waals surface area contributed by atoms with Crippen molar-refractivity contribution in [3.8, 4) is 11.4 Å². The number of ether oxygens (including phenoxy) is 1. The van der Waals surface area contributed by atoms with Crippen LogP contribution in [0.15, 0.2) is 83.6 Å². The highest BCUT2D eigenvalue weighted by atomic mass is 32.2. The van der Waals surface area contributed by atoms with Crippen molar-refractivity contribution in [2.24, 2.45) is 0 Å². The topological polar surface area (TPSA) is 73.2 Å². The molecule has 1 N–H and O–H groups in total. The molecule has 0 fully saturated rings. The van der Waals surface area contributed by atoms with Crippen LogP contribution in [-0.2, 0) is 6.54 Å². The monoisotopic (exact) mass is 463 g/mol. The normalized spacial score (nSPS) is 10.7. The fourth-order valence-electron chi connectivity index (χ4n) is 3.04. The number of hydrogen-bond donors (Lipinski definition) is 1. The number of thiophene rings is 1. The molecule has 4 aromatic rings. The Hall–Kier alpha value is -3.36. The Kier molecular flexibility index (Phi) is 7.03. The molecule has 0 bridgehead atoms. The van der Waals surface area contributed by atoms with Gasteiger partial charge in [0.25, 0.3) is 5.91 Å². The van der Waals surface area contributed by atoms with E-state index in [0.717, 1.165) is 10.6 Å². The van der Waals surface area contributed by atoms with E-state index in [1.54, 1.807) is 61.0 Å². The largest absolute Gasteiger partial charge is 0.497 e. The smallest absolute Gasteiger partial charge is 0.251 e. The number of thioether (sulfide) groups is 1. The van der Waals surface area contributed by atoms with Crippen LogP contribution < -0.4 is 10.1 Å². The molecule has 0 aliphatic heterocycles. The highest BCUT2D eigenvalue weighted by Gasteiger charge is 2.12. The number of methoxy groups -OCH3 is 1. The van der Waals surface area contributed by atoms with Crippen molar-refractivity contribution in [2.75, 3.05) is 12.9 Å². The van der Waals surface area contributed by atoms with Gasteiger partial charge in [-0.2, -0.15) is 0 Å². The molecule has 0 unspecified atom stereocenters. The second kappa shape index (κ2) is 10.3. The molecule has 1 amide bonds. The van der Waals surface area contributed by atoms with Crippen molar-refractivity contribution in [3.63, 3.8) is 0 Å². The Morgan fingerprint density at radius 2 is 1.81 bits per heavy atom. The van der Waals surface area contributed by atoms with E-state index in [4.69, 9.17) is 4.74 Å². The molecule has 32 heavy (non-hydrogen) atoms. The highest BCUT2D eigenvalue weighted by Crippen LogP contribution is 2.22. The van der Waals surface area contributed by atoms with Gasteiger partial charge >= 0.3 is 0 Å². The first-order valence-corrected chi connectivity index (χ1v) is 11.7. The lowest BCUT2D eigenvalue weighted by atomic mass is 10.1. The first kappa shape index (κ1) is 21.9. The fourth-order valence-corrected chi connectivity index (χ4v) is 4.55. The van der Waals surface area contributed by atoms with Gasteiger partial charge in [0.05, 0.1) is 19.4 Å². The number of rotatable bonds is 9. The zero-order valence-electron chi connectivity index (χ0n) is 17.4. The minimum absolute atomic E-state index is 0.0185. The number of imidazole rings is 1. The maximum absolute atomic E-state index is 12.5. The maximum Gasteiger partial charge on any atom is 0.251 e. The molecule has 4 rings (SSSR count). The van der Waals surface area contributed by atoms with Gasteiger partial charge in [0.15, 0.2) is 10.9 Å². The van der Waals surface area contributed by atoms with E-state index in [1.165, 1.54) is 11.8 Å². The van der Waals surface area contributed by atoms with Crippen LogP contribution in [0.5, 0.6) is 5.75 Å². The summed E-state index contributed by atoms with van der Waals surface area (Å²) in [5, 5.41) is 5.62. The van der Waals surface area contributed by atoms with Gasteiger partial charge < -0.3 is 10.1 Å². The van der Waals surface area contributed by atoms with Gasteiger partial charge in [0, 0.05) is 34.1 Å². The number of hydrogen-bond acceptors (Lipinski definition) is 6. The molecule has 0 saturated carbocycles. The Morgan fingerprint density at radius 1 is 1.06 bits per heavy atom. The Bertz CT molecular complexity index is 1180. The van der Waals surface area contributed by atoms with Gasteiger partial charge in [-0.15, -0.1) is 11.3 Å². The van der Waals surface area contributed by atoms with E-state index in [9.17, 15) is 9.59 Å². The maximum atomic E-state index is 12.5. The molecule has 162 valence electrons. The van der Waals surface area contributed by atoms with Crippen LogP contribution in [0.25, 0.3) is 5.69 Å². The van der Waals surface area contributed by atoms with Gasteiger partial charge in [0.1, 0.15) is 5.75 Å². The molecular weight excluding hydrogens is 442 g/mol. The van der Waals surface area contributed by atoms with Gasteiger partial charge in [0.2, 0.25) is 0 Å². The van der Waals surface area contributed by atoms with Gasteiger partial charge in [-0.25, -0.2) is 4.98 Å². The summed E-state index contributed by atoms with van der Waals surface area (Å²) in [5.41, 5.74) is 2.10. The minimum atomic E-state index is -0.115. The summed E-state index contributed by atoms with van der Waals surface area (Å²) >= 11 is 2.98. The minimum Gasteiger partial charge on any atom is -0.497 e. The quantitative estimate of drug-likeness (QED) is 0.284. The first-order valence-electron chi connectivity index (χ1n) is 9.88. The van der Waals surface area contributed by atoms with Gasteiger partial charge in [-0.3, -0.25) is 14.2 Å². The van der Waals surface area contributed by atoms with E-state index in [0.29, 0.717) is 28.6 Å². The Morgan fingerprint density at radius 3 is 2.50 bits per heavy atom. The number of aromatic nitrogens is 2. The van der Waals surface area contributed by atoms with Crippen LogP contribution in [0.2, 0.25) is 0 Å². The molecule has 0 aliphatic carbocycles. The molecule has 6 nitrogen and oxygen atoms in total. The number of carbonyl (C=O) groups is 2. The van der Waals surface area contributed by atoms with Crippen LogP contribution >= 0.6 is 23.1 Å². The number of amides is 1. The Labute approximate surface area is 194 Å². The van der Waals surface area contributed by atoms with Crippen LogP contribution in [0, 0.1) is 0 Å². The SMILES string of the molecule is COc1ccc(C(=O)CSc2nccn2-c2ccc(C(=O)NCc3cccs3)cc2)cc1. The number of nitrogens with zero attached hydrogens (tertiary/aromatic N) is 2. The predicted octanol–water partition coefficient (Wildman–Crippen LogP) is 4.85. The van der Waals surface area contributed by atoms with Crippen molar-refractivity contribution in [1.29, 1.82) is 0 Å². The summed E-state index contributed by atoms with van der Waals surface area (Å²) in [5.74, 6) is 0.889. The third-order valence-electron chi connectivity index (χ3n) is 4.76. The van der Waals surface area contributed by atoms with E-state index < -0.39 is 0 Å². The Balaban J connectivity index is 1.38. The van der Waals surface area contributed by atoms with Gasteiger partial charge in [-0.05, 0) is 60.0 Å². The molecule has 0 radical (unpaired) electrons. The van der Waals surface area contributed by atoms with Gasteiger partial charge in [-0.1, -0.05) is 17.8 Å². The van der Waals surface area contributed by atoms with Crippen molar-refractivity contribution >= 4 is 34.8 Å². The predicted molar refractivity (Wildman–Crippen MR) is 127 cm³/mol. The second-order valence-electron chi connectivity index (χ2n) is 6.83. The van der Waals surface area contributed by atoms with Crippen molar-refractivity contribution < 1.29 is 14.3 Å². The third-order valence-corrected chi connectivity index (χ3v) is 6.61. The number of benzene rings is 2. The average Bonchev–Trinajstić information content (AvgIpc) is 3.53. The molecule has 0 saturated heterocycles. The molecule has 2 aromatic carbocycles. The number of ketones is 1. The van der Waals surface area contributed by atoms with E-state index in [2.05, 4.69) is 10.3 Å². The first-order chi connectivity index (χ1) is 15.6. The lowest BCUT2D eigenvalue weighted by Gasteiger charge is -2.09. The highest BCUT2D eigenvalue weighted by molar-refractivity contribution is 7.99. The summed E-state index contributed by atoms with van der Waals surface area (Å²) in [4.78, 5) is 30.4. The average molecular weight is 464 g/mol. The van der Waals surface area contributed by atoms with Crippen molar-refractivity contribution in [3.05, 3.63) is 94.4 Å². The number of carbonyl (C=O) groups excluding carboxylic acids is 2. The standard InChI is InChI=1S/C24H21N3O3S2/c1-30-20-10-6-17(7-11-20)22(28)16-32-24-25-12-13-27(24)19-8-4-18(5-9-19)23(29)26-15-21-3-2-14-31-21/h2-14H,15-16H2,1H3,(H,26,29). The number of nitrogens with one attached hydrogen (secondary N) is 1. The zero-order valence-corrected chi connectivity index (χ0v) is 19.0. The zero-order chi connectivity index (χ0) is 22.3. The summed E-state index contributed by atoms with van der Waals surface area (Å²) in [6.07, 6.45) is 3.54. The third kappa shape index (κ3) is 5.27. The van der Waals surface area contributed by atoms with Crippen LogP contribution in [0.3, 0.4) is 0 Å². The number of Topliss-reactive ketones (excluding diaryl/α,β-unsaturated/α-hetero) is 1. The molecule has 2 aromatic heterocycles. The van der Waals surface area contributed by atoms with E-state index in [-0.39, 0.29) is 17.4 Å². The van der Waals surface area contributed by atoms with Crippen LogP contribution in [-0.4, -0.2) is 34.1 Å². The summed E-state index contributed by atoms with van der Waals surface area (Å²) < 4.78 is 7.03. The van der Waals surface area contributed by atoms with Crippen molar-refractivity contribution in [1.82, 2.24) is 14.9 Å². The van der Waals surface area contributed by atoms with E-state index in [1.807, 2.05) is 40.4 Å².